The first kappa shape index (κ1) is 9.87. The van der Waals surface area contributed by atoms with E-state index in [9.17, 15) is 4.79 Å². The Kier molecular flexibility index (Phi) is 3.59. The molecule has 0 aliphatic carbocycles. The minimum atomic E-state index is -0.194. The Hall–Kier alpha value is -1.21. The van der Waals surface area contributed by atoms with Gasteiger partial charge in [0.2, 0.25) is 0 Å². The van der Waals surface area contributed by atoms with E-state index in [-0.39, 0.29) is 12.1 Å². The average Bonchev–Trinajstić information content (AvgIpc) is 2.55. The topological polar surface area (TPSA) is 41.6 Å². The molecule has 0 radical (unpaired) electrons. The third-order valence-electron chi connectivity index (χ3n) is 1.77. The lowest BCUT2D eigenvalue weighted by Crippen LogP contribution is -2.41. The Bertz CT molecular complexity index is 216. The highest BCUT2D eigenvalue weighted by Crippen LogP contribution is 2.04. The van der Waals surface area contributed by atoms with E-state index in [2.05, 4.69) is 11.2 Å². The molecule has 0 spiro atoms. The summed E-state index contributed by atoms with van der Waals surface area (Å²) in [5.74, 6) is 2.49. The number of amides is 2. The van der Waals surface area contributed by atoms with E-state index in [1.807, 2.05) is 6.92 Å². The molecule has 0 aromatic heterocycles. The second-order valence-corrected chi connectivity index (χ2v) is 3.05. The first-order valence-corrected chi connectivity index (χ1v) is 4.38. The van der Waals surface area contributed by atoms with Crippen molar-refractivity contribution in [2.75, 3.05) is 13.2 Å². The van der Waals surface area contributed by atoms with Crippen LogP contribution in [0.4, 0.5) is 4.79 Å². The lowest BCUT2D eigenvalue weighted by atomic mass is 10.2. The number of nitrogens with one attached hydrogen (secondary N) is 1. The molecule has 1 unspecified atom stereocenters. The van der Waals surface area contributed by atoms with Crippen molar-refractivity contribution in [2.45, 2.75) is 25.8 Å². The molecule has 0 saturated carbocycles. The summed E-state index contributed by atoms with van der Waals surface area (Å²) in [5, 5.41) is 4.08. The summed E-state index contributed by atoms with van der Waals surface area (Å²) in [4.78, 5) is 16.4. The highest BCUT2D eigenvalue weighted by Gasteiger charge is 2.19. The van der Waals surface area contributed by atoms with Crippen LogP contribution in [0.1, 0.15) is 19.8 Å². The van der Waals surface area contributed by atoms with E-state index in [1.54, 1.807) is 0 Å². The number of hydrogen-bond donors (Lipinski definition) is 1. The molecule has 1 aliphatic heterocycles. The first-order valence-electron chi connectivity index (χ1n) is 4.38. The van der Waals surface area contributed by atoms with E-state index in [4.69, 9.17) is 11.3 Å². The number of hydrogen-bond acceptors (Lipinski definition) is 2. The third kappa shape index (κ3) is 2.96. The van der Waals surface area contributed by atoms with Crippen molar-refractivity contribution < 1.29 is 9.63 Å². The van der Waals surface area contributed by atoms with Gasteiger partial charge in [-0.2, -0.15) is 0 Å². The molecule has 72 valence electrons. The van der Waals surface area contributed by atoms with Gasteiger partial charge in [-0.3, -0.25) is 4.84 Å². The van der Waals surface area contributed by atoms with Crippen molar-refractivity contribution in [1.29, 1.82) is 0 Å². The van der Waals surface area contributed by atoms with Gasteiger partial charge in [0.05, 0.1) is 13.2 Å². The van der Waals surface area contributed by atoms with Crippen molar-refractivity contribution in [3.63, 3.8) is 0 Å². The van der Waals surface area contributed by atoms with Crippen molar-refractivity contribution in [2.24, 2.45) is 0 Å². The number of terminal acetylenes is 1. The predicted octanol–water partition coefficient (Wildman–Crippen LogP) is 0.745. The lowest BCUT2D eigenvalue weighted by molar-refractivity contribution is -0.0668. The molecular formula is C9H14N2O2. The largest absolute Gasteiger partial charge is 0.341 e. The lowest BCUT2D eigenvalue weighted by Gasteiger charge is -2.17. The fourth-order valence-electron chi connectivity index (χ4n) is 1.12. The van der Waals surface area contributed by atoms with Crippen LogP contribution in [0, 0.1) is 12.3 Å². The van der Waals surface area contributed by atoms with Crippen LogP contribution in [-0.4, -0.2) is 30.3 Å². The number of carbonyl (C=O) groups is 1. The molecule has 1 rings (SSSR count). The first-order chi connectivity index (χ1) is 6.24. The summed E-state index contributed by atoms with van der Waals surface area (Å²) in [7, 11) is 0. The molecule has 1 atom stereocenters. The van der Waals surface area contributed by atoms with Crippen molar-refractivity contribution in [1.82, 2.24) is 10.4 Å². The Balaban J connectivity index is 2.28. The van der Waals surface area contributed by atoms with Crippen LogP contribution >= 0.6 is 0 Å². The number of urea groups is 1. The molecular weight excluding hydrogens is 168 g/mol. The maximum atomic E-state index is 11.4. The zero-order chi connectivity index (χ0) is 9.68. The van der Waals surface area contributed by atoms with Gasteiger partial charge in [-0.25, -0.2) is 9.86 Å². The fraction of sp³-hybridized carbons (Fsp3) is 0.667. The molecule has 1 fully saturated rings. The van der Waals surface area contributed by atoms with Crippen LogP contribution in [0.3, 0.4) is 0 Å². The van der Waals surface area contributed by atoms with Crippen molar-refractivity contribution >= 4 is 6.03 Å². The Morgan fingerprint density at radius 1 is 1.85 bits per heavy atom. The maximum Gasteiger partial charge on any atom is 0.341 e. The van der Waals surface area contributed by atoms with E-state index < -0.39 is 0 Å². The minimum absolute atomic E-state index is 0.00157. The minimum Gasteiger partial charge on any atom is -0.333 e. The summed E-state index contributed by atoms with van der Waals surface area (Å²) in [6, 6.07) is -0.193. The third-order valence-corrected chi connectivity index (χ3v) is 1.77. The van der Waals surface area contributed by atoms with E-state index in [0.717, 1.165) is 6.42 Å². The summed E-state index contributed by atoms with van der Waals surface area (Å²) in [6.07, 6.45) is 6.55. The predicted molar refractivity (Wildman–Crippen MR) is 48.7 cm³/mol. The quantitative estimate of drug-likeness (QED) is 0.640. The molecule has 0 aromatic rings. The smallest absolute Gasteiger partial charge is 0.333 e. The Morgan fingerprint density at radius 2 is 2.62 bits per heavy atom. The molecule has 1 N–H and O–H groups in total. The molecule has 2 amide bonds. The van der Waals surface area contributed by atoms with E-state index in [1.165, 1.54) is 5.06 Å². The molecule has 4 heteroatoms. The van der Waals surface area contributed by atoms with Gasteiger partial charge >= 0.3 is 6.03 Å². The number of carbonyl (C=O) groups excluding carboxylic acids is 1. The van der Waals surface area contributed by atoms with E-state index >= 15 is 0 Å². The second kappa shape index (κ2) is 4.73. The van der Waals surface area contributed by atoms with Gasteiger partial charge in [0.25, 0.3) is 0 Å². The van der Waals surface area contributed by atoms with Crippen LogP contribution in [0.5, 0.6) is 0 Å². The zero-order valence-electron chi connectivity index (χ0n) is 7.75. The van der Waals surface area contributed by atoms with Gasteiger partial charge in [0, 0.05) is 12.5 Å². The van der Waals surface area contributed by atoms with Crippen molar-refractivity contribution in [3.8, 4) is 12.3 Å². The molecule has 1 heterocycles. The van der Waals surface area contributed by atoms with Gasteiger partial charge in [-0.05, 0) is 13.3 Å². The van der Waals surface area contributed by atoms with Gasteiger partial charge in [-0.1, -0.05) is 0 Å². The molecule has 4 nitrogen and oxygen atoms in total. The van der Waals surface area contributed by atoms with Gasteiger partial charge in [0.15, 0.2) is 0 Å². The Labute approximate surface area is 78.2 Å². The van der Waals surface area contributed by atoms with Crippen molar-refractivity contribution in [3.05, 3.63) is 0 Å². The van der Waals surface area contributed by atoms with Crippen LogP contribution in [0.15, 0.2) is 0 Å². The standard InChI is InChI=1S/C9H14N2O2/c1-3-5-8(2)10-9(12)11-6-4-7-13-11/h1,8H,4-7H2,2H3,(H,10,12). The van der Waals surface area contributed by atoms with Crippen LogP contribution in [-0.2, 0) is 4.84 Å². The van der Waals surface area contributed by atoms with Crippen LogP contribution < -0.4 is 5.32 Å². The van der Waals surface area contributed by atoms with Crippen LogP contribution in [0.2, 0.25) is 0 Å². The highest BCUT2D eigenvalue weighted by atomic mass is 16.7. The SMILES string of the molecule is C#CCC(C)NC(=O)N1CCCO1. The van der Waals surface area contributed by atoms with Crippen LogP contribution in [0.25, 0.3) is 0 Å². The number of hydroxylamine groups is 2. The number of nitrogens with zero attached hydrogens (tertiary/aromatic N) is 1. The maximum absolute atomic E-state index is 11.4. The summed E-state index contributed by atoms with van der Waals surface area (Å²) in [6.45, 7) is 3.15. The summed E-state index contributed by atoms with van der Waals surface area (Å²) < 4.78 is 0. The average molecular weight is 182 g/mol. The van der Waals surface area contributed by atoms with Gasteiger partial charge < -0.3 is 5.32 Å². The van der Waals surface area contributed by atoms with E-state index in [0.29, 0.717) is 19.6 Å². The molecule has 13 heavy (non-hydrogen) atoms. The molecule has 1 saturated heterocycles. The Morgan fingerprint density at radius 3 is 3.15 bits per heavy atom. The fourth-order valence-corrected chi connectivity index (χ4v) is 1.12. The molecule has 1 aliphatic rings. The van der Waals surface area contributed by atoms with Gasteiger partial charge in [0.1, 0.15) is 0 Å². The zero-order valence-corrected chi connectivity index (χ0v) is 7.75. The van der Waals surface area contributed by atoms with Gasteiger partial charge in [-0.15, -0.1) is 12.3 Å². The highest BCUT2D eigenvalue weighted by molar-refractivity contribution is 5.73. The number of rotatable bonds is 2. The molecule has 0 aromatic carbocycles. The second-order valence-electron chi connectivity index (χ2n) is 3.05. The summed E-state index contributed by atoms with van der Waals surface area (Å²) >= 11 is 0. The monoisotopic (exact) mass is 182 g/mol. The molecule has 0 bridgehead atoms. The normalized spacial score (nSPS) is 18.0. The summed E-state index contributed by atoms with van der Waals surface area (Å²) in [5.41, 5.74) is 0.